The fraction of sp³-hybridized carbons (Fsp3) is 0.118. The third-order valence-corrected chi connectivity index (χ3v) is 5.26. The molecular formula is C17H13NO5S2. The van der Waals surface area contributed by atoms with Gasteiger partial charge in [-0.3, -0.25) is 10.1 Å². The Hall–Kier alpha value is -2.71. The van der Waals surface area contributed by atoms with Crippen molar-refractivity contribution in [1.82, 2.24) is 0 Å². The normalized spacial score (nSPS) is 10.6. The SMILES string of the molecule is COC(=O)c1cc([N+](=O)[O-])ccc1OC(c1cccs1)c1cccs1. The van der Waals surface area contributed by atoms with Crippen molar-refractivity contribution in [1.29, 1.82) is 0 Å². The van der Waals surface area contributed by atoms with Gasteiger partial charge in [0.25, 0.3) is 5.69 Å². The predicted molar refractivity (Wildman–Crippen MR) is 95.5 cm³/mol. The first-order chi connectivity index (χ1) is 12.1. The molecule has 0 amide bonds. The van der Waals surface area contributed by atoms with Gasteiger partial charge in [0.1, 0.15) is 11.3 Å². The molecule has 0 saturated heterocycles. The summed E-state index contributed by atoms with van der Waals surface area (Å²) in [6.07, 6.45) is -0.398. The van der Waals surface area contributed by atoms with Gasteiger partial charge in [0.15, 0.2) is 6.10 Å². The van der Waals surface area contributed by atoms with Gasteiger partial charge >= 0.3 is 5.97 Å². The second kappa shape index (κ2) is 7.45. The van der Waals surface area contributed by atoms with E-state index in [1.54, 1.807) is 0 Å². The third-order valence-electron chi connectivity index (χ3n) is 3.43. The summed E-state index contributed by atoms with van der Waals surface area (Å²) in [5, 5.41) is 14.9. The van der Waals surface area contributed by atoms with Gasteiger partial charge in [-0.2, -0.15) is 0 Å². The Morgan fingerprint density at radius 2 is 1.76 bits per heavy atom. The van der Waals surface area contributed by atoms with Gasteiger partial charge in [-0.25, -0.2) is 4.79 Å². The van der Waals surface area contributed by atoms with Crippen LogP contribution in [0, 0.1) is 10.1 Å². The molecule has 6 nitrogen and oxygen atoms in total. The summed E-state index contributed by atoms with van der Waals surface area (Å²) in [6.45, 7) is 0. The largest absolute Gasteiger partial charge is 0.478 e. The van der Waals surface area contributed by atoms with E-state index in [0.29, 0.717) is 0 Å². The van der Waals surface area contributed by atoms with Gasteiger partial charge in [-0.05, 0) is 29.0 Å². The minimum atomic E-state index is -0.685. The molecule has 0 saturated carbocycles. The van der Waals surface area contributed by atoms with E-state index in [-0.39, 0.29) is 17.0 Å². The quantitative estimate of drug-likeness (QED) is 0.355. The number of ether oxygens (including phenoxy) is 2. The molecule has 0 N–H and O–H groups in total. The monoisotopic (exact) mass is 375 g/mol. The lowest BCUT2D eigenvalue weighted by molar-refractivity contribution is -0.384. The summed E-state index contributed by atoms with van der Waals surface area (Å²) < 4.78 is 10.8. The van der Waals surface area contributed by atoms with E-state index >= 15 is 0 Å². The van der Waals surface area contributed by atoms with Gasteiger partial charge in [-0.1, -0.05) is 12.1 Å². The Morgan fingerprint density at radius 1 is 1.12 bits per heavy atom. The molecule has 0 spiro atoms. The Morgan fingerprint density at radius 3 is 2.24 bits per heavy atom. The maximum Gasteiger partial charge on any atom is 0.341 e. The second-order valence-electron chi connectivity index (χ2n) is 4.96. The van der Waals surface area contributed by atoms with Gasteiger partial charge in [0.2, 0.25) is 0 Å². The molecule has 128 valence electrons. The number of carbonyl (C=O) groups is 1. The van der Waals surface area contributed by atoms with Crippen molar-refractivity contribution in [3.63, 3.8) is 0 Å². The topological polar surface area (TPSA) is 78.7 Å². The van der Waals surface area contributed by atoms with Crippen LogP contribution < -0.4 is 4.74 Å². The maximum absolute atomic E-state index is 12.0. The summed E-state index contributed by atoms with van der Waals surface area (Å²) >= 11 is 3.07. The van der Waals surface area contributed by atoms with Crippen molar-refractivity contribution in [3.05, 3.63) is 78.7 Å². The average molecular weight is 375 g/mol. The standard InChI is InChI=1S/C17H13NO5S2/c1-22-17(19)12-10-11(18(20)21)6-7-13(12)23-16(14-4-2-8-24-14)15-5-3-9-25-15/h2-10,16H,1H3. The van der Waals surface area contributed by atoms with Crippen molar-refractivity contribution in [3.8, 4) is 5.75 Å². The van der Waals surface area contributed by atoms with E-state index in [1.807, 2.05) is 35.0 Å². The summed E-state index contributed by atoms with van der Waals surface area (Å²) in [4.78, 5) is 24.4. The highest BCUT2D eigenvalue weighted by Crippen LogP contribution is 2.36. The first kappa shape index (κ1) is 17.1. The zero-order chi connectivity index (χ0) is 17.8. The van der Waals surface area contributed by atoms with E-state index in [0.717, 1.165) is 9.75 Å². The lowest BCUT2D eigenvalue weighted by atomic mass is 10.1. The van der Waals surface area contributed by atoms with Crippen LogP contribution in [0.2, 0.25) is 0 Å². The van der Waals surface area contributed by atoms with E-state index in [1.165, 1.54) is 48.0 Å². The van der Waals surface area contributed by atoms with Crippen LogP contribution in [0.3, 0.4) is 0 Å². The number of methoxy groups -OCH3 is 1. The molecule has 2 heterocycles. The van der Waals surface area contributed by atoms with Crippen molar-refractivity contribution < 1.29 is 19.2 Å². The molecule has 3 aromatic rings. The number of carbonyl (C=O) groups excluding carboxylic acids is 1. The third kappa shape index (κ3) is 3.70. The van der Waals surface area contributed by atoms with Crippen LogP contribution >= 0.6 is 22.7 Å². The molecule has 0 bridgehead atoms. The Labute approximate surface area is 151 Å². The number of hydrogen-bond acceptors (Lipinski definition) is 7. The van der Waals surface area contributed by atoms with Gasteiger partial charge in [0, 0.05) is 12.1 Å². The number of thiophene rings is 2. The fourth-order valence-corrected chi connectivity index (χ4v) is 3.88. The summed E-state index contributed by atoms with van der Waals surface area (Å²) in [5.41, 5.74) is -0.175. The van der Waals surface area contributed by atoms with Crippen LogP contribution in [-0.2, 0) is 4.74 Å². The summed E-state index contributed by atoms with van der Waals surface area (Å²) in [5.74, 6) is -0.445. The van der Waals surface area contributed by atoms with Crippen molar-refractivity contribution >= 4 is 34.3 Å². The molecule has 2 aromatic heterocycles. The zero-order valence-corrected chi connectivity index (χ0v) is 14.7. The molecule has 0 aliphatic heterocycles. The lowest BCUT2D eigenvalue weighted by Crippen LogP contribution is -2.11. The molecule has 8 heteroatoms. The van der Waals surface area contributed by atoms with Crippen LogP contribution in [0.25, 0.3) is 0 Å². The summed E-state index contributed by atoms with van der Waals surface area (Å²) in [7, 11) is 1.22. The number of nitro benzene ring substituents is 1. The smallest absolute Gasteiger partial charge is 0.341 e. The Kier molecular flexibility index (Phi) is 5.11. The molecule has 0 radical (unpaired) electrons. The number of nitrogens with zero attached hydrogens (tertiary/aromatic N) is 1. The fourth-order valence-electron chi connectivity index (χ4n) is 2.27. The van der Waals surface area contributed by atoms with Crippen molar-refractivity contribution in [2.75, 3.05) is 7.11 Å². The van der Waals surface area contributed by atoms with Crippen LogP contribution in [0.5, 0.6) is 5.75 Å². The number of benzene rings is 1. The highest BCUT2D eigenvalue weighted by Gasteiger charge is 2.24. The number of esters is 1. The van der Waals surface area contributed by atoms with Crippen molar-refractivity contribution in [2.24, 2.45) is 0 Å². The van der Waals surface area contributed by atoms with Crippen LogP contribution in [-0.4, -0.2) is 18.0 Å². The molecule has 0 fully saturated rings. The van der Waals surface area contributed by atoms with E-state index in [4.69, 9.17) is 9.47 Å². The van der Waals surface area contributed by atoms with Crippen LogP contribution in [0.1, 0.15) is 26.2 Å². The molecule has 0 aliphatic rings. The number of hydrogen-bond donors (Lipinski definition) is 0. The van der Waals surface area contributed by atoms with Crippen LogP contribution in [0.4, 0.5) is 5.69 Å². The maximum atomic E-state index is 12.0. The highest BCUT2D eigenvalue weighted by atomic mass is 32.1. The second-order valence-corrected chi connectivity index (χ2v) is 6.92. The first-order valence-corrected chi connectivity index (χ1v) is 8.96. The van der Waals surface area contributed by atoms with Gasteiger partial charge < -0.3 is 9.47 Å². The number of nitro groups is 1. The minimum Gasteiger partial charge on any atom is -0.478 e. The Bertz CT molecular complexity index is 840. The molecule has 0 atom stereocenters. The summed E-state index contributed by atoms with van der Waals surface area (Å²) in [6, 6.07) is 11.6. The highest BCUT2D eigenvalue weighted by molar-refractivity contribution is 7.11. The minimum absolute atomic E-state index is 0.0230. The van der Waals surface area contributed by atoms with Gasteiger partial charge in [0.05, 0.1) is 21.8 Å². The molecule has 3 rings (SSSR count). The average Bonchev–Trinajstić information content (AvgIpc) is 3.32. The van der Waals surface area contributed by atoms with E-state index in [9.17, 15) is 14.9 Å². The number of rotatable bonds is 6. The molecular weight excluding hydrogens is 362 g/mol. The molecule has 25 heavy (non-hydrogen) atoms. The van der Waals surface area contributed by atoms with Crippen LogP contribution in [0.15, 0.2) is 53.2 Å². The zero-order valence-electron chi connectivity index (χ0n) is 13.1. The Balaban J connectivity index is 2.02. The first-order valence-electron chi connectivity index (χ1n) is 7.20. The number of non-ortho nitro benzene ring substituents is 1. The van der Waals surface area contributed by atoms with E-state index < -0.39 is 17.0 Å². The van der Waals surface area contributed by atoms with E-state index in [2.05, 4.69) is 0 Å². The van der Waals surface area contributed by atoms with Crippen molar-refractivity contribution in [2.45, 2.75) is 6.10 Å². The van der Waals surface area contributed by atoms with Gasteiger partial charge in [-0.15, -0.1) is 22.7 Å². The predicted octanol–water partition coefficient (Wildman–Crippen LogP) is 4.67. The molecule has 0 aliphatic carbocycles. The lowest BCUT2D eigenvalue weighted by Gasteiger charge is -2.18. The molecule has 0 unspecified atom stereocenters. The molecule has 1 aromatic carbocycles.